The number of ether oxygens (including phenoxy) is 7. The molecule has 0 aliphatic heterocycles. The first kappa shape index (κ1) is 46.7. The molecule has 0 saturated heterocycles. The van der Waals surface area contributed by atoms with Gasteiger partial charge in [-0.3, -0.25) is 4.79 Å². The van der Waals surface area contributed by atoms with E-state index in [4.69, 9.17) is 28.4 Å². The van der Waals surface area contributed by atoms with E-state index in [2.05, 4.69) is 17.9 Å². The molecule has 0 heterocycles. The van der Waals surface area contributed by atoms with Gasteiger partial charge in [0.2, 0.25) is 0 Å². The van der Waals surface area contributed by atoms with Crippen molar-refractivity contribution in [2.24, 2.45) is 0 Å². The summed E-state index contributed by atoms with van der Waals surface area (Å²) in [5.41, 5.74) is 2.66. The number of unbranched alkanes of at least 4 members (excludes halogenated alkanes) is 4. The van der Waals surface area contributed by atoms with Gasteiger partial charge in [-0.1, -0.05) is 43.5 Å². The van der Waals surface area contributed by atoms with Crippen molar-refractivity contribution in [2.45, 2.75) is 58.8 Å². The van der Waals surface area contributed by atoms with Gasteiger partial charge in [-0.25, -0.2) is 19.2 Å². The highest BCUT2D eigenvalue weighted by atomic mass is 16.5. The Labute approximate surface area is 345 Å². The van der Waals surface area contributed by atoms with Crippen LogP contribution >= 0.6 is 0 Å². The first-order valence-corrected chi connectivity index (χ1v) is 19.3. The normalized spacial score (nSPS) is 10.1. The van der Waals surface area contributed by atoms with E-state index < -0.39 is 11.9 Å². The average Bonchev–Trinajstić information content (AvgIpc) is 3.24. The van der Waals surface area contributed by atoms with E-state index in [9.17, 15) is 24.0 Å². The molecule has 0 amide bonds. The summed E-state index contributed by atoms with van der Waals surface area (Å²) < 4.78 is 36.7. The molecule has 0 bridgehead atoms. The van der Waals surface area contributed by atoms with Gasteiger partial charge < -0.3 is 33.2 Å². The first-order valence-electron chi connectivity index (χ1n) is 19.3. The number of hydrogen-bond donors (Lipinski definition) is 0. The molecule has 0 saturated carbocycles. The van der Waals surface area contributed by atoms with Gasteiger partial charge in [0.25, 0.3) is 6.47 Å². The molecule has 0 aliphatic rings. The van der Waals surface area contributed by atoms with Crippen molar-refractivity contribution in [1.29, 1.82) is 0 Å². The maximum atomic E-state index is 12.3. The Balaban J connectivity index is 0.000000320. The molecular formula is C47H52O12. The van der Waals surface area contributed by atoms with E-state index in [0.717, 1.165) is 44.1 Å². The summed E-state index contributed by atoms with van der Waals surface area (Å²) in [6.45, 7) is 12.9. The molecule has 0 unspecified atom stereocenters. The largest absolute Gasteiger partial charge is 0.494 e. The van der Waals surface area contributed by atoms with Crippen molar-refractivity contribution in [3.05, 3.63) is 144 Å². The number of hydrogen-bond acceptors (Lipinski definition) is 12. The SMILES string of the molecule is C=C(C)C(=O)OCCCCCOc1ccc(C(=O)Oc2ccc(CCOC=O)cc2)cc1.C=C(C)C(=O)OCCCCCOc1ccc(C(=O)Oc2ccccc2)cc1. The zero-order valence-electron chi connectivity index (χ0n) is 33.7. The molecule has 12 heteroatoms. The van der Waals surface area contributed by atoms with E-state index in [-0.39, 0.29) is 11.9 Å². The predicted octanol–water partition coefficient (Wildman–Crippen LogP) is 8.86. The van der Waals surface area contributed by atoms with Crippen molar-refractivity contribution in [3.8, 4) is 23.0 Å². The number of carbonyl (C=O) groups is 5. The molecule has 0 aliphatic carbocycles. The van der Waals surface area contributed by atoms with Gasteiger partial charge in [-0.2, -0.15) is 0 Å². The summed E-state index contributed by atoms with van der Waals surface area (Å²) in [4.78, 5) is 57.0. The average molecular weight is 809 g/mol. The number of benzene rings is 4. The fraction of sp³-hybridized carbons (Fsp3) is 0.298. The van der Waals surface area contributed by atoms with Crippen LogP contribution in [0.5, 0.6) is 23.0 Å². The third-order valence-electron chi connectivity index (χ3n) is 8.12. The Morgan fingerprint density at radius 3 is 1.32 bits per heavy atom. The molecule has 0 radical (unpaired) electrons. The lowest BCUT2D eigenvalue weighted by atomic mass is 10.1. The van der Waals surface area contributed by atoms with Crippen LogP contribution in [-0.4, -0.2) is 63.4 Å². The number of esters is 4. The molecule has 312 valence electrons. The minimum atomic E-state index is -0.460. The van der Waals surface area contributed by atoms with E-state index in [1.807, 2.05) is 30.3 Å². The number of para-hydroxylation sites is 1. The predicted molar refractivity (Wildman–Crippen MR) is 222 cm³/mol. The molecule has 0 fully saturated rings. The van der Waals surface area contributed by atoms with Gasteiger partial charge >= 0.3 is 23.9 Å². The van der Waals surface area contributed by atoms with Crippen LogP contribution in [-0.2, 0) is 35.0 Å². The second kappa shape index (κ2) is 27.0. The molecule has 4 rings (SSSR count). The lowest BCUT2D eigenvalue weighted by Crippen LogP contribution is -2.08. The Morgan fingerprint density at radius 1 is 0.492 bits per heavy atom. The topological polar surface area (TPSA) is 150 Å². The molecule has 0 aromatic heterocycles. The molecule has 0 N–H and O–H groups in total. The zero-order valence-corrected chi connectivity index (χ0v) is 33.7. The highest BCUT2D eigenvalue weighted by Crippen LogP contribution is 2.19. The standard InChI is InChI=1S/C25H28O7.C22H24O5/c1-19(2)24(27)31-16-5-3-4-15-30-22-12-8-21(9-13-22)25(28)32-23-10-6-20(7-11-23)14-17-29-18-26;1-17(2)21(23)26-16-8-4-7-15-25-19-13-11-18(12-14-19)22(24)27-20-9-5-3-6-10-20/h6-13,18H,1,3-5,14-17H2,2H3;3,5-6,9-14H,1,4,7-8,15-16H2,2H3. The summed E-state index contributed by atoms with van der Waals surface area (Å²) in [5, 5.41) is 0. The second-order valence-electron chi connectivity index (χ2n) is 13.2. The minimum Gasteiger partial charge on any atom is -0.494 e. The summed E-state index contributed by atoms with van der Waals surface area (Å²) in [6.07, 6.45) is 5.58. The maximum absolute atomic E-state index is 12.3. The van der Waals surface area contributed by atoms with Crippen molar-refractivity contribution < 1.29 is 57.1 Å². The van der Waals surface area contributed by atoms with Gasteiger partial charge in [0, 0.05) is 17.6 Å². The first-order chi connectivity index (χ1) is 28.5. The maximum Gasteiger partial charge on any atom is 0.343 e. The van der Waals surface area contributed by atoms with Gasteiger partial charge in [0.1, 0.15) is 23.0 Å². The molecule has 0 spiro atoms. The van der Waals surface area contributed by atoms with E-state index in [0.29, 0.717) is 91.2 Å². The van der Waals surface area contributed by atoms with Crippen LogP contribution in [0.25, 0.3) is 0 Å². The van der Waals surface area contributed by atoms with Crippen LogP contribution in [0.15, 0.2) is 127 Å². The molecule has 4 aromatic carbocycles. The summed E-state index contributed by atoms with van der Waals surface area (Å²) in [7, 11) is 0. The Kier molecular flexibility index (Phi) is 21.4. The van der Waals surface area contributed by atoms with Gasteiger partial charge in [0.05, 0.1) is 44.2 Å². The van der Waals surface area contributed by atoms with Crippen LogP contribution in [0.2, 0.25) is 0 Å². The fourth-order valence-electron chi connectivity index (χ4n) is 4.86. The molecular weight excluding hydrogens is 757 g/mol. The van der Waals surface area contributed by atoms with Crippen molar-refractivity contribution in [3.63, 3.8) is 0 Å². The summed E-state index contributed by atoms with van der Waals surface area (Å²) in [5.74, 6) is 0.725. The van der Waals surface area contributed by atoms with Crippen LogP contribution < -0.4 is 18.9 Å². The second-order valence-corrected chi connectivity index (χ2v) is 13.2. The van der Waals surface area contributed by atoms with Crippen LogP contribution in [0, 0.1) is 0 Å². The lowest BCUT2D eigenvalue weighted by molar-refractivity contribution is -0.139. The number of rotatable bonds is 24. The van der Waals surface area contributed by atoms with E-state index in [1.54, 1.807) is 86.6 Å². The molecule has 12 nitrogen and oxygen atoms in total. The van der Waals surface area contributed by atoms with Crippen LogP contribution in [0.4, 0.5) is 0 Å². The minimum absolute atomic E-state index is 0.307. The summed E-state index contributed by atoms with van der Waals surface area (Å²) >= 11 is 0. The highest BCUT2D eigenvalue weighted by molar-refractivity contribution is 5.92. The quantitative estimate of drug-likeness (QED) is 0.0166. The molecule has 4 aromatic rings. The molecule has 59 heavy (non-hydrogen) atoms. The third kappa shape index (κ3) is 19.3. The Morgan fingerprint density at radius 2 is 0.898 bits per heavy atom. The van der Waals surface area contributed by atoms with Gasteiger partial charge in [-0.15, -0.1) is 0 Å². The van der Waals surface area contributed by atoms with Crippen LogP contribution in [0.1, 0.15) is 78.7 Å². The lowest BCUT2D eigenvalue weighted by Gasteiger charge is -2.08. The Bertz CT molecular complexity index is 1920. The van der Waals surface area contributed by atoms with Crippen molar-refractivity contribution in [1.82, 2.24) is 0 Å². The van der Waals surface area contributed by atoms with Gasteiger partial charge in [-0.05, 0) is 131 Å². The van der Waals surface area contributed by atoms with E-state index in [1.165, 1.54) is 0 Å². The van der Waals surface area contributed by atoms with Crippen molar-refractivity contribution in [2.75, 3.05) is 33.0 Å². The monoisotopic (exact) mass is 808 g/mol. The summed E-state index contributed by atoms with van der Waals surface area (Å²) in [6, 6.07) is 29.6. The fourth-order valence-corrected chi connectivity index (χ4v) is 4.86. The van der Waals surface area contributed by atoms with Crippen molar-refractivity contribution >= 4 is 30.3 Å². The highest BCUT2D eigenvalue weighted by Gasteiger charge is 2.11. The number of carbonyl (C=O) groups excluding carboxylic acids is 5. The van der Waals surface area contributed by atoms with Gasteiger partial charge in [0.15, 0.2) is 0 Å². The third-order valence-corrected chi connectivity index (χ3v) is 8.12. The smallest absolute Gasteiger partial charge is 0.343 e. The molecule has 0 atom stereocenters. The van der Waals surface area contributed by atoms with Crippen LogP contribution in [0.3, 0.4) is 0 Å². The Hall–Kier alpha value is -6.69. The van der Waals surface area contributed by atoms with E-state index >= 15 is 0 Å². The zero-order chi connectivity index (χ0) is 42.7.